The molecule has 2 N–H and O–H groups in total. The Balaban J connectivity index is 1.55. The normalized spacial score (nSPS) is 13.8. The standard InChI is InChI=1S/C14H17FN2O2S/c15-11-3-5-12(6-4-11)20-9-13(18)16-7-8-17-14(19)10-1-2-10/h3-6,10H,1-2,7-9H2,(H,16,18)(H,17,19). The lowest BCUT2D eigenvalue weighted by atomic mass is 10.4. The third-order valence-corrected chi connectivity index (χ3v) is 3.89. The summed E-state index contributed by atoms with van der Waals surface area (Å²) < 4.78 is 12.7. The van der Waals surface area contributed by atoms with Crippen LogP contribution in [-0.2, 0) is 9.59 Å². The maximum atomic E-state index is 12.7. The summed E-state index contributed by atoms with van der Waals surface area (Å²) in [6.07, 6.45) is 1.96. The molecule has 2 amide bonds. The molecule has 0 spiro atoms. The molecule has 2 rings (SSSR count). The van der Waals surface area contributed by atoms with Crippen molar-refractivity contribution in [3.63, 3.8) is 0 Å². The van der Waals surface area contributed by atoms with E-state index in [9.17, 15) is 14.0 Å². The van der Waals surface area contributed by atoms with Gasteiger partial charge in [0.1, 0.15) is 5.82 Å². The lowest BCUT2D eigenvalue weighted by Gasteiger charge is -2.06. The van der Waals surface area contributed by atoms with E-state index < -0.39 is 0 Å². The van der Waals surface area contributed by atoms with Crippen LogP contribution in [0.25, 0.3) is 0 Å². The first-order valence-electron chi connectivity index (χ1n) is 6.58. The maximum absolute atomic E-state index is 12.7. The number of hydrogen-bond donors (Lipinski definition) is 2. The number of carbonyl (C=O) groups excluding carboxylic acids is 2. The van der Waals surface area contributed by atoms with Crippen molar-refractivity contribution >= 4 is 23.6 Å². The molecule has 0 atom stereocenters. The van der Waals surface area contributed by atoms with E-state index in [0.29, 0.717) is 13.1 Å². The van der Waals surface area contributed by atoms with Gasteiger partial charge in [-0.15, -0.1) is 11.8 Å². The highest BCUT2D eigenvalue weighted by molar-refractivity contribution is 8.00. The van der Waals surface area contributed by atoms with Gasteiger partial charge in [0.2, 0.25) is 11.8 Å². The van der Waals surface area contributed by atoms with E-state index in [4.69, 9.17) is 0 Å². The zero-order valence-corrected chi connectivity index (χ0v) is 11.8. The van der Waals surface area contributed by atoms with Crippen LogP contribution >= 0.6 is 11.8 Å². The summed E-state index contributed by atoms with van der Waals surface area (Å²) in [5, 5.41) is 5.51. The summed E-state index contributed by atoms with van der Waals surface area (Å²) in [4.78, 5) is 23.7. The summed E-state index contributed by atoms with van der Waals surface area (Å²) in [6.45, 7) is 0.892. The van der Waals surface area contributed by atoms with E-state index in [0.717, 1.165) is 17.7 Å². The number of benzene rings is 1. The maximum Gasteiger partial charge on any atom is 0.230 e. The highest BCUT2D eigenvalue weighted by Crippen LogP contribution is 2.28. The fourth-order valence-electron chi connectivity index (χ4n) is 1.61. The van der Waals surface area contributed by atoms with Gasteiger partial charge < -0.3 is 10.6 Å². The Morgan fingerprint density at radius 2 is 1.80 bits per heavy atom. The highest BCUT2D eigenvalue weighted by Gasteiger charge is 2.28. The monoisotopic (exact) mass is 296 g/mol. The number of halogens is 1. The van der Waals surface area contributed by atoms with Crippen LogP contribution in [0.5, 0.6) is 0 Å². The fraction of sp³-hybridized carbons (Fsp3) is 0.429. The molecule has 1 aromatic carbocycles. The summed E-state index contributed by atoms with van der Waals surface area (Å²) in [5.41, 5.74) is 0. The molecule has 20 heavy (non-hydrogen) atoms. The van der Waals surface area contributed by atoms with Crippen molar-refractivity contribution in [2.45, 2.75) is 17.7 Å². The van der Waals surface area contributed by atoms with Crippen molar-refractivity contribution in [2.24, 2.45) is 5.92 Å². The molecule has 1 fully saturated rings. The Labute approximate surface area is 121 Å². The zero-order valence-electron chi connectivity index (χ0n) is 11.0. The molecule has 0 radical (unpaired) electrons. The molecule has 0 aromatic heterocycles. The summed E-state index contributed by atoms with van der Waals surface area (Å²) >= 11 is 1.35. The summed E-state index contributed by atoms with van der Waals surface area (Å²) in [7, 11) is 0. The quantitative estimate of drug-likeness (QED) is 0.593. The van der Waals surface area contributed by atoms with Crippen LogP contribution in [0.2, 0.25) is 0 Å². The molecule has 0 aliphatic heterocycles. The van der Waals surface area contributed by atoms with Gasteiger partial charge in [0.15, 0.2) is 0 Å². The number of nitrogens with one attached hydrogen (secondary N) is 2. The predicted octanol–water partition coefficient (Wildman–Crippen LogP) is 1.56. The minimum Gasteiger partial charge on any atom is -0.354 e. The first-order valence-corrected chi connectivity index (χ1v) is 7.56. The van der Waals surface area contributed by atoms with E-state index in [2.05, 4.69) is 10.6 Å². The van der Waals surface area contributed by atoms with Crippen molar-refractivity contribution < 1.29 is 14.0 Å². The van der Waals surface area contributed by atoms with Crippen molar-refractivity contribution in [1.82, 2.24) is 10.6 Å². The van der Waals surface area contributed by atoms with Crippen molar-refractivity contribution in [2.75, 3.05) is 18.8 Å². The molecule has 0 saturated heterocycles. The molecule has 1 aliphatic rings. The van der Waals surface area contributed by atoms with Crippen LogP contribution in [0.1, 0.15) is 12.8 Å². The van der Waals surface area contributed by atoms with Gasteiger partial charge in [0.25, 0.3) is 0 Å². The molecule has 0 bridgehead atoms. The van der Waals surface area contributed by atoms with E-state index >= 15 is 0 Å². The zero-order chi connectivity index (χ0) is 14.4. The molecular formula is C14H17FN2O2S. The van der Waals surface area contributed by atoms with E-state index in [1.165, 1.54) is 23.9 Å². The first kappa shape index (κ1) is 14.8. The molecule has 1 aliphatic carbocycles. The lowest BCUT2D eigenvalue weighted by Crippen LogP contribution is -2.35. The smallest absolute Gasteiger partial charge is 0.230 e. The molecule has 0 unspecified atom stereocenters. The van der Waals surface area contributed by atoms with Crippen LogP contribution in [0.3, 0.4) is 0 Å². The molecule has 6 heteroatoms. The fourth-order valence-corrected chi connectivity index (χ4v) is 2.34. The largest absolute Gasteiger partial charge is 0.354 e. The molecule has 1 aromatic rings. The average Bonchev–Trinajstić information content (AvgIpc) is 3.27. The Hall–Kier alpha value is -1.56. The van der Waals surface area contributed by atoms with Crippen LogP contribution in [0, 0.1) is 11.7 Å². The number of amides is 2. The van der Waals surface area contributed by atoms with Crippen LogP contribution in [0.4, 0.5) is 4.39 Å². The Bertz CT molecular complexity index is 475. The van der Waals surface area contributed by atoms with Gasteiger partial charge in [-0.2, -0.15) is 0 Å². The van der Waals surface area contributed by atoms with Crippen LogP contribution in [-0.4, -0.2) is 30.7 Å². The molecular weight excluding hydrogens is 279 g/mol. The average molecular weight is 296 g/mol. The second-order valence-corrected chi connectivity index (χ2v) is 5.71. The van der Waals surface area contributed by atoms with E-state index in [1.54, 1.807) is 12.1 Å². The predicted molar refractivity (Wildman–Crippen MR) is 75.9 cm³/mol. The van der Waals surface area contributed by atoms with E-state index in [1.807, 2.05) is 0 Å². The summed E-state index contributed by atoms with van der Waals surface area (Å²) in [6, 6.07) is 6.02. The lowest BCUT2D eigenvalue weighted by molar-refractivity contribution is -0.123. The molecule has 0 heterocycles. The third kappa shape index (κ3) is 5.21. The van der Waals surface area contributed by atoms with Crippen LogP contribution in [0.15, 0.2) is 29.2 Å². The second kappa shape index (κ2) is 7.28. The number of hydrogen-bond acceptors (Lipinski definition) is 3. The van der Waals surface area contributed by atoms with Crippen molar-refractivity contribution in [3.05, 3.63) is 30.1 Å². The third-order valence-electron chi connectivity index (χ3n) is 2.88. The van der Waals surface area contributed by atoms with Gasteiger partial charge in [-0.1, -0.05) is 0 Å². The Morgan fingerprint density at radius 1 is 1.15 bits per heavy atom. The van der Waals surface area contributed by atoms with Gasteiger partial charge >= 0.3 is 0 Å². The van der Waals surface area contributed by atoms with Gasteiger partial charge in [0, 0.05) is 23.9 Å². The van der Waals surface area contributed by atoms with Crippen molar-refractivity contribution in [1.29, 1.82) is 0 Å². The summed E-state index contributed by atoms with van der Waals surface area (Å²) in [5.74, 6) is 0.173. The number of rotatable bonds is 7. The Kier molecular flexibility index (Phi) is 5.40. The molecule has 1 saturated carbocycles. The highest BCUT2D eigenvalue weighted by atomic mass is 32.2. The van der Waals surface area contributed by atoms with Gasteiger partial charge in [-0.05, 0) is 37.1 Å². The minimum absolute atomic E-state index is 0.0833. The molecule has 4 nitrogen and oxygen atoms in total. The van der Waals surface area contributed by atoms with Crippen molar-refractivity contribution in [3.8, 4) is 0 Å². The van der Waals surface area contributed by atoms with Gasteiger partial charge in [-0.3, -0.25) is 9.59 Å². The SMILES string of the molecule is O=C(CSc1ccc(F)cc1)NCCNC(=O)C1CC1. The topological polar surface area (TPSA) is 58.2 Å². The Morgan fingerprint density at radius 3 is 2.45 bits per heavy atom. The minimum atomic E-state index is -0.287. The van der Waals surface area contributed by atoms with Gasteiger partial charge in [-0.25, -0.2) is 4.39 Å². The second-order valence-electron chi connectivity index (χ2n) is 4.66. The number of carbonyl (C=O) groups is 2. The molecule has 108 valence electrons. The van der Waals surface area contributed by atoms with Gasteiger partial charge in [0.05, 0.1) is 5.75 Å². The van der Waals surface area contributed by atoms with E-state index in [-0.39, 0.29) is 29.3 Å². The van der Waals surface area contributed by atoms with Crippen LogP contribution < -0.4 is 10.6 Å². The number of thioether (sulfide) groups is 1. The first-order chi connectivity index (χ1) is 9.65.